The van der Waals surface area contributed by atoms with Crippen molar-refractivity contribution < 1.29 is 37.0 Å². The molecule has 1 aliphatic heterocycles. The summed E-state index contributed by atoms with van der Waals surface area (Å²) in [5, 5.41) is 4.68. The third-order valence-corrected chi connectivity index (χ3v) is 4.50. The highest BCUT2D eigenvalue weighted by atomic mass is 19.4. The lowest BCUT2D eigenvalue weighted by atomic mass is 10.1. The molecule has 0 saturated carbocycles. The number of nitrogens with one attached hydrogen (secondary N) is 2. The Bertz CT molecular complexity index is 1040. The van der Waals surface area contributed by atoms with E-state index in [1.807, 2.05) is 0 Å². The first-order valence-electron chi connectivity index (χ1n) is 9.02. The van der Waals surface area contributed by atoms with Crippen molar-refractivity contribution in [2.45, 2.75) is 13.1 Å². The molecule has 1 saturated heterocycles. The largest absolute Gasteiger partial charge is 0.453 e. The number of hydrogen-bond donors (Lipinski definition) is 2. The van der Waals surface area contributed by atoms with Gasteiger partial charge in [-0.05, 0) is 42.8 Å². The molecular weight excluding hydrogens is 419 g/mol. The number of aryl methyl sites for hydroxylation is 1. The summed E-state index contributed by atoms with van der Waals surface area (Å²) in [4.78, 5) is 37.2. The molecule has 11 heteroatoms. The Kier molecular flexibility index (Phi) is 6.04. The van der Waals surface area contributed by atoms with Gasteiger partial charge in [0, 0.05) is 22.6 Å². The number of amides is 3. The number of rotatable bonds is 4. The first-order chi connectivity index (χ1) is 14.6. The van der Waals surface area contributed by atoms with Crippen molar-refractivity contribution in [2.75, 3.05) is 35.8 Å². The number of cyclic esters (lactones) is 1. The van der Waals surface area contributed by atoms with Crippen LogP contribution in [0.4, 0.5) is 39.8 Å². The van der Waals surface area contributed by atoms with Crippen LogP contribution in [0.5, 0.6) is 0 Å². The summed E-state index contributed by atoms with van der Waals surface area (Å²) >= 11 is 0. The minimum absolute atomic E-state index is 0.231. The fourth-order valence-corrected chi connectivity index (χ4v) is 2.90. The van der Waals surface area contributed by atoms with Crippen molar-refractivity contribution in [2.24, 2.45) is 0 Å². The molecule has 3 amide bonds. The van der Waals surface area contributed by atoms with E-state index >= 15 is 0 Å². The zero-order valence-corrected chi connectivity index (χ0v) is 16.5. The van der Waals surface area contributed by atoms with Gasteiger partial charge >= 0.3 is 18.4 Å². The van der Waals surface area contributed by atoms with Gasteiger partial charge < -0.3 is 14.8 Å². The lowest BCUT2D eigenvalue weighted by Crippen LogP contribution is -2.23. The second-order valence-corrected chi connectivity index (χ2v) is 6.63. The second-order valence-electron chi connectivity index (χ2n) is 6.63. The number of nitrogens with zero attached hydrogens (tertiary/aromatic N) is 1. The highest BCUT2D eigenvalue weighted by Crippen LogP contribution is 2.33. The van der Waals surface area contributed by atoms with E-state index in [1.54, 1.807) is 19.1 Å². The molecule has 0 bridgehead atoms. The van der Waals surface area contributed by atoms with Gasteiger partial charge in [0.25, 0.3) is 5.91 Å². The van der Waals surface area contributed by atoms with Gasteiger partial charge in [-0.15, -0.1) is 0 Å². The molecule has 0 spiro atoms. The maximum Gasteiger partial charge on any atom is 0.416 e. The molecule has 0 radical (unpaired) electrons. The van der Waals surface area contributed by atoms with Crippen LogP contribution < -0.4 is 15.5 Å². The van der Waals surface area contributed by atoms with Crippen LogP contribution in [0.2, 0.25) is 0 Å². The van der Waals surface area contributed by atoms with Crippen molar-refractivity contribution in [1.82, 2.24) is 0 Å². The number of benzene rings is 2. The van der Waals surface area contributed by atoms with E-state index in [1.165, 1.54) is 11.0 Å². The Morgan fingerprint density at radius 2 is 1.87 bits per heavy atom. The SMILES string of the molecule is COC(=O)Nc1cc(C(=O)Nc2cc(N3CCOC3=O)ccc2C)cc(C(F)(F)F)c1. The molecule has 164 valence electrons. The first kappa shape index (κ1) is 21.9. The van der Waals surface area contributed by atoms with E-state index in [-0.39, 0.29) is 17.9 Å². The van der Waals surface area contributed by atoms with Crippen LogP contribution in [0.3, 0.4) is 0 Å². The Hall–Kier alpha value is -3.76. The Morgan fingerprint density at radius 3 is 2.48 bits per heavy atom. The van der Waals surface area contributed by atoms with Crippen molar-refractivity contribution >= 4 is 35.2 Å². The molecular formula is C20H18F3N3O5. The predicted octanol–water partition coefficient (Wildman–Crippen LogP) is 4.40. The molecule has 1 fully saturated rings. The molecule has 1 heterocycles. The monoisotopic (exact) mass is 437 g/mol. The summed E-state index contributed by atoms with van der Waals surface area (Å²) in [6.45, 7) is 2.26. The highest BCUT2D eigenvalue weighted by Gasteiger charge is 2.32. The lowest BCUT2D eigenvalue weighted by molar-refractivity contribution is -0.137. The Balaban J connectivity index is 1.91. The molecule has 31 heavy (non-hydrogen) atoms. The third kappa shape index (κ3) is 5.05. The number of halogens is 3. The quantitative estimate of drug-likeness (QED) is 0.739. The van der Waals surface area contributed by atoms with Gasteiger partial charge in [0.05, 0.1) is 19.2 Å². The topological polar surface area (TPSA) is 97.0 Å². The van der Waals surface area contributed by atoms with Crippen molar-refractivity contribution in [3.05, 3.63) is 53.1 Å². The van der Waals surface area contributed by atoms with E-state index in [0.29, 0.717) is 35.6 Å². The van der Waals surface area contributed by atoms with Gasteiger partial charge in [0.2, 0.25) is 0 Å². The fraction of sp³-hybridized carbons (Fsp3) is 0.250. The molecule has 0 unspecified atom stereocenters. The molecule has 3 rings (SSSR count). The number of hydrogen-bond acceptors (Lipinski definition) is 5. The molecule has 2 aromatic carbocycles. The molecule has 2 N–H and O–H groups in total. The molecule has 1 aliphatic rings. The van der Waals surface area contributed by atoms with Gasteiger partial charge in [0.15, 0.2) is 0 Å². The first-order valence-corrected chi connectivity index (χ1v) is 9.02. The van der Waals surface area contributed by atoms with Crippen LogP contribution in [-0.4, -0.2) is 38.4 Å². The van der Waals surface area contributed by atoms with E-state index in [0.717, 1.165) is 13.2 Å². The molecule has 0 aromatic heterocycles. The van der Waals surface area contributed by atoms with Crippen LogP contribution in [0.25, 0.3) is 0 Å². The smallest absolute Gasteiger partial charge is 0.416 e. The van der Waals surface area contributed by atoms with E-state index in [2.05, 4.69) is 15.4 Å². The number of methoxy groups -OCH3 is 1. The van der Waals surface area contributed by atoms with E-state index in [9.17, 15) is 27.6 Å². The maximum absolute atomic E-state index is 13.3. The van der Waals surface area contributed by atoms with E-state index in [4.69, 9.17) is 4.74 Å². The highest BCUT2D eigenvalue weighted by molar-refractivity contribution is 6.06. The van der Waals surface area contributed by atoms with Gasteiger partial charge in [-0.3, -0.25) is 15.0 Å². The summed E-state index contributed by atoms with van der Waals surface area (Å²) in [5.74, 6) is -0.830. The van der Waals surface area contributed by atoms with Crippen molar-refractivity contribution in [3.8, 4) is 0 Å². The summed E-state index contributed by atoms with van der Waals surface area (Å²) in [6, 6.07) is 7.32. The van der Waals surface area contributed by atoms with Gasteiger partial charge in [-0.25, -0.2) is 9.59 Å². The lowest BCUT2D eigenvalue weighted by Gasteiger charge is -2.17. The van der Waals surface area contributed by atoms with Crippen molar-refractivity contribution in [1.29, 1.82) is 0 Å². The maximum atomic E-state index is 13.3. The average molecular weight is 437 g/mol. The van der Waals surface area contributed by atoms with Crippen LogP contribution >= 0.6 is 0 Å². The average Bonchev–Trinajstić information content (AvgIpc) is 3.14. The molecule has 0 aliphatic carbocycles. The zero-order valence-electron chi connectivity index (χ0n) is 16.5. The van der Waals surface area contributed by atoms with Crippen LogP contribution in [0, 0.1) is 6.92 Å². The summed E-state index contributed by atoms with van der Waals surface area (Å²) in [5.41, 5.74) is -0.285. The van der Waals surface area contributed by atoms with E-state index < -0.39 is 29.8 Å². The summed E-state index contributed by atoms with van der Waals surface area (Å²) in [7, 11) is 1.06. The normalized spacial score (nSPS) is 13.6. The van der Waals surface area contributed by atoms with Gasteiger partial charge in [0.1, 0.15) is 6.61 Å². The van der Waals surface area contributed by atoms with Crippen LogP contribution in [-0.2, 0) is 15.7 Å². The van der Waals surface area contributed by atoms with Crippen molar-refractivity contribution in [3.63, 3.8) is 0 Å². The van der Waals surface area contributed by atoms with Gasteiger partial charge in [-0.2, -0.15) is 13.2 Å². The molecule has 8 nitrogen and oxygen atoms in total. The number of carbonyl (C=O) groups is 3. The molecule has 0 atom stereocenters. The fourth-order valence-electron chi connectivity index (χ4n) is 2.90. The number of ether oxygens (including phenoxy) is 2. The van der Waals surface area contributed by atoms with Crippen LogP contribution in [0.15, 0.2) is 36.4 Å². The standard InChI is InChI=1S/C20H18F3N3O5/c1-11-3-4-15(26-5-6-31-19(26)29)10-16(11)25-17(27)12-7-13(20(21,22)23)9-14(8-12)24-18(28)30-2/h3-4,7-10H,5-6H2,1-2H3,(H,24,28)(H,25,27). The Morgan fingerprint density at radius 1 is 1.13 bits per heavy atom. The minimum Gasteiger partial charge on any atom is -0.453 e. The third-order valence-electron chi connectivity index (χ3n) is 4.50. The second kappa shape index (κ2) is 8.54. The van der Waals surface area contributed by atoms with Crippen LogP contribution in [0.1, 0.15) is 21.5 Å². The number of alkyl halides is 3. The summed E-state index contributed by atoms with van der Waals surface area (Å²) < 4.78 is 49.1. The predicted molar refractivity (Wildman–Crippen MR) is 105 cm³/mol. The molecule has 2 aromatic rings. The number of carbonyl (C=O) groups excluding carboxylic acids is 3. The zero-order chi connectivity index (χ0) is 22.8. The number of anilines is 3. The minimum atomic E-state index is -4.74. The summed E-state index contributed by atoms with van der Waals surface area (Å²) in [6.07, 6.45) is -6.25. The van der Waals surface area contributed by atoms with Gasteiger partial charge in [-0.1, -0.05) is 6.07 Å². The Labute approximate surface area is 174 Å².